The van der Waals surface area contributed by atoms with E-state index in [9.17, 15) is 0 Å². The summed E-state index contributed by atoms with van der Waals surface area (Å²) in [5, 5.41) is 0. The Morgan fingerprint density at radius 1 is 1.17 bits per heavy atom. The van der Waals surface area contributed by atoms with Crippen LogP contribution in [0.5, 0.6) is 0 Å². The molecule has 0 aromatic rings. The van der Waals surface area contributed by atoms with Crippen molar-refractivity contribution in [1.82, 2.24) is 5.48 Å². The smallest absolute Gasteiger partial charge is 0.323 e. The molecule has 74 valence electrons. The molecule has 0 aliphatic rings. The lowest BCUT2D eigenvalue weighted by molar-refractivity contribution is -0.395. The van der Waals surface area contributed by atoms with Crippen molar-refractivity contribution in [3.63, 3.8) is 0 Å². The fourth-order valence-corrected chi connectivity index (χ4v) is 0.673. The Hall–Kier alpha value is -0.200. The zero-order valence-corrected chi connectivity index (χ0v) is 8.05. The second-order valence-corrected chi connectivity index (χ2v) is 2.12. The molecule has 12 heavy (non-hydrogen) atoms. The van der Waals surface area contributed by atoms with Crippen molar-refractivity contribution in [2.45, 2.75) is 12.9 Å². The van der Waals surface area contributed by atoms with E-state index in [0.29, 0.717) is 6.54 Å². The maximum atomic E-state index is 5.10. The van der Waals surface area contributed by atoms with Crippen molar-refractivity contribution >= 4 is 0 Å². The van der Waals surface area contributed by atoms with Gasteiger partial charge in [0.2, 0.25) is 0 Å². The van der Waals surface area contributed by atoms with Gasteiger partial charge in [0.1, 0.15) is 6.61 Å². The normalized spacial score (nSPS) is 12.0. The van der Waals surface area contributed by atoms with E-state index in [4.69, 9.17) is 19.0 Å². The van der Waals surface area contributed by atoms with Gasteiger partial charge in [-0.15, -0.1) is 0 Å². The van der Waals surface area contributed by atoms with Crippen LogP contribution in [-0.4, -0.2) is 40.5 Å². The minimum Gasteiger partial charge on any atom is -0.376 e. The van der Waals surface area contributed by atoms with Crippen molar-refractivity contribution < 1.29 is 19.0 Å². The molecule has 0 atom stereocenters. The summed E-state index contributed by atoms with van der Waals surface area (Å²) in [5.41, 5.74) is 2.65. The predicted molar refractivity (Wildman–Crippen MR) is 43.4 cm³/mol. The molecule has 0 fully saturated rings. The summed E-state index contributed by atoms with van der Waals surface area (Å²) >= 11 is 0. The first-order chi connectivity index (χ1) is 5.74. The SMILES string of the molecule is CCNOC(COC)(OC)OC. The molecule has 0 bridgehead atoms. The quantitative estimate of drug-likeness (QED) is 0.444. The van der Waals surface area contributed by atoms with E-state index >= 15 is 0 Å². The van der Waals surface area contributed by atoms with Crippen LogP contribution in [0.1, 0.15) is 6.92 Å². The fraction of sp³-hybridized carbons (Fsp3) is 1.00. The second kappa shape index (κ2) is 6.33. The molecule has 0 heterocycles. The molecule has 0 saturated heterocycles. The number of ether oxygens (including phenoxy) is 3. The van der Waals surface area contributed by atoms with Gasteiger partial charge in [-0.2, -0.15) is 5.48 Å². The Morgan fingerprint density at radius 3 is 2.08 bits per heavy atom. The average molecular weight is 179 g/mol. The van der Waals surface area contributed by atoms with E-state index in [-0.39, 0.29) is 6.61 Å². The summed E-state index contributed by atoms with van der Waals surface area (Å²) in [6.07, 6.45) is 0. The molecule has 0 aliphatic carbocycles. The molecule has 0 aromatic carbocycles. The molecule has 0 spiro atoms. The highest BCUT2D eigenvalue weighted by molar-refractivity contribution is 4.51. The first-order valence-electron chi connectivity index (χ1n) is 3.74. The molecule has 0 rings (SSSR count). The van der Waals surface area contributed by atoms with Gasteiger partial charge in [0.25, 0.3) is 0 Å². The van der Waals surface area contributed by atoms with E-state index in [1.807, 2.05) is 6.92 Å². The standard InChI is InChI=1S/C7H17NO4/c1-5-8-12-7(10-3,11-4)6-9-2/h8H,5-6H2,1-4H3. The van der Waals surface area contributed by atoms with Gasteiger partial charge in [0.15, 0.2) is 0 Å². The van der Waals surface area contributed by atoms with Crippen molar-refractivity contribution in [2.75, 3.05) is 34.5 Å². The van der Waals surface area contributed by atoms with Gasteiger partial charge in [0, 0.05) is 27.9 Å². The third-order valence-electron chi connectivity index (χ3n) is 1.32. The molecule has 0 amide bonds. The van der Waals surface area contributed by atoms with Crippen LogP contribution in [-0.2, 0) is 19.0 Å². The highest BCUT2D eigenvalue weighted by atomic mass is 16.9. The summed E-state index contributed by atoms with van der Waals surface area (Å²) in [4.78, 5) is 5.10. The summed E-state index contributed by atoms with van der Waals surface area (Å²) in [5.74, 6) is -1.15. The van der Waals surface area contributed by atoms with Crippen LogP contribution >= 0.6 is 0 Å². The van der Waals surface area contributed by atoms with Crippen molar-refractivity contribution in [3.8, 4) is 0 Å². The summed E-state index contributed by atoms with van der Waals surface area (Å²) in [6, 6.07) is 0. The first-order valence-corrected chi connectivity index (χ1v) is 3.74. The van der Waals surface area contributed by atoms with Crippen LogP contribution in [0.3, 0.4) is 0 Å². The van der Waals surface area contributed by atoms with Crippen LogP contribution in [0, 0.1) is 0 Å². The van der Waals surface area contributed by atoms with Crippen LogP contribution in [0.25, 0.3) is 0 Å². The Bertz CT molecular complexity index is 106. The maximum Gasteiger partial charge on any atom is 0.323 e. The Labute approximate surface area is 72.9 Å². The van der Waals surface area contributed by atoms with Crippen LogP contribution in [0.2, 0.25) is 0 Å². The Kier molecular flexibility index (Phi) is 6.23. The van der Waals surface area contributed by atoms with Gasteiger partial charge in [-0.3, -0.25) is 0 Å². The van der Waals surface area contributed by atoms with Gasteiger partial charge in [0.05, 0.1) is 0 Å². The minimum absolute atomic E-state index is 0.201. The molecule has 5 heteroatoms. The van der Waals surface area contributed by atoms with Gasteiger partial charge >= 0.3 is 5.97 Å². The van der Waals surface area contributed by atoms with Crippen LogP contribution in [0.15, 0.2) is 0 Å². The second-order valence-electron chi connectivity index (χ2n) is 2.12. The highest BCUT2D eigenvalue weighted by Crippen LogP contribution is 2.11. The number of hydroxylamine groups is 1. The third kappa shape index (κ3) is 3.46. The summed E-state index contributed by atoms with van der Waals surface area (Å²) in [7, 11) is 4.52. The van der Waals surface area contributed by atoms with Crippen molar-refractivity contribution in [1.29, 1.82) is 0 Å². The van der Waals surface area contributed by atoms with Gasteiger partial charge in [-0.25, -0.2) is 4.84 Å². The number of methoxy groups -OCH3 is 3. The van der Waals surface area contributed by atoms with E-state index in [1.165, 1.54) is 14.2 Å². The Balaban J connectivity index is 3.95. The van der Waals surface area contributed by atoms with Gasteiger partial charge in [-0.1, -0.05) is 6.92 Å². The number of nitrogens with one attached hydrogen (secondary N) is 1. The molecule has 0 unspecified atom stereocenters. The largest absolute Gasteiger partial charge is 0.376 e. The van der Waals surface area contributed by atoms with Crippen LogP contribution in [0.4, 0.5) is 0 Å². The molecule has 0 aliphatic heterocycles. The van der Waals surface area contributed by atoms with E-state index in [1.54, 1.807) is 7.11 Å². The van der Waals surface area contributed by atoms with E-state index < -0.39 is 5.97 Å². The van der Waals surface area contributed by atoms with Crippen LogP contribution < -0.4 is 5.48 Å². The minimum atomic E-state index is -1.15. The molecule has 0 radical (unpaired) electrons. The number of hydrogen-bond donors (Lipinski definition) is 1. The van der Waals surface area contributed by atoms with Gasteiger partial charge < -0.3 is 14.2 Å². The average Bonchev–Trinajstić information content (AvgIpc) is 2.13. The topological polar surface area (TPSA) is 49.0 Å². The lowest BCUT2D eigenvalue weighted by atomic mass is 10.6. The molecule has 0 saturated carbocycles. The fourth-order valence-electron chi connectivity index (χ4n) is 0.673. The lowest BCUT2D eigenvalue weighted by Gasteiger charge is -2.28. The third-order valence-corrected chi connectivity index (χ3v) is 1.32. The van der Waals surface area contributed by atoms with Crippen molar-refractivity contribution in [3.05, 3.63) is 0 Å². The van der Waals surface area contributed by atoms with E-state index in [0.717, 1.165) is 0 Å². The Morgan fingerprint density at radius 2 is 1.75 bits per heavy atom. The maximum absolute atomic E-state index is 5.10. The lowest BCUT2D eigenvalue weighted by Crippen LogP contribution is -2.45. The molecular formula is C7H17NO4. The predicted octanol–water partition coefficient (Wildman–Crippen LogP) is 0.120. The molecular weight excluding hydrogens is 162 g/mol. The van der Waals surface area contributed by atoms with Crippen molar-refractivity contribution in [2.24, 2.45) is 0 Å². The van der Waals surface area contributed by atoms with E-state index in [2.05, 4.69) is 5.48 Å². The summed E-state index contributed by atoms with van der Waals surface area (Å²) in [6.45, 7) is 2.77. The number of hydrogen-bond acceptors (Lipinski definition) is 5. The monoisotopic (exact) mass is 179 g/mol. The number of rotatable bonds is 7. The first kappa shape index (κ1) is 11.8. The molecule has 0 aromatic heterocycles. The van der Waals surface area contributed by atoms with Gasteiger partial charge in [-0.05, 0) is 0 Å². The zero-order chi connectivity index (χ0) is 9.45. The highest BCUT2D eigenvalue weighted by Gasteiger charge is 2.31. The summed E-state index contributed by atoms with van der Waals surface area (Å²) < 4.78 is 14.9. The molecule has 1 N–H and O–H groups in total. The zero-order valence-electron chi connectivity index (χ0n) is 8.05. The molecule has 5 nitrogen and oxygen atoms in total.